The van der Waals surface area contributed by atoms with E-state index >= 15 is 0 Å². The number of alkyl halides is 3. The van der Waals surface area contributed by atoms with Gasteiger partial charge in [-0.1, -0.05) is 20.8 Å². The molecule has 1 aromatic heterocycles. The van der Waals surface area contributed by atoms with E-state index in [2.05, 4.69) is 31.1 Å². The minimum atomic E-state index is -4.39. The number of pyridine rings is 1. The average Bonchev–Trinajstić information content (AvgIpc) is 3.29. The molecule has 3 fully saturated rings. The van der Waals surface area contributed by atoms with Crippen LogP contribution in [0.25, 0.3) is 0 Å². The van der Waals surface area contributed by atoms with Crippen molar-refractivity contribution < 1.29 is 22.7 Å². The maximum absolute atomic E-state index is 13.8. The molecule has 1 saturated carbocycles. The number of nitrogens with zero attached hydrogens (tertiary/aromatic N) is 3. The highest BCUT2D eigenvalue weighted by atomic mass is 19.4. The van der Waals surface area contributed by atoms with Crippen LogP contribution in [0.15, 0.2) is 18.3 Å². The van der Waals surface area contributed by atoms with Gasteiger partial charge in [0.25, 0.3) is 0 Å². The summed E-state index contributed by atoms with van der Waals surface area (Å²) >= 11 is 0. The van der Waals surface area contributed by atoms with Crippen molar-refractivity contribution in [3.63, 3.8) is 0 Å². The second kappa shape index (κ2) is 10.6. The highest BCUT2D eigenvalue weighted by molar-refractivity contribution is 5.84. The van der Waals surface area contributed by atoms with Crippen LogP contribution in [-0.4, -0.2) is 67.3 Å². The first-order valence-electron chi connectivity index (χ1n) is 13.1. The molecule has 6 nitrogen and oxygen atoms in total. The first kappa shape index (κ1) is 26.2. The number of rotatable bonds is 6. The lowest BCUT2D eigenvalue weighted by Gasteiger charge is -2.42. The van der Waals surface area contributed by atoms with E-state index in [0.29, 0.717) is 50.0 Å². The molecule has 2 saturated heterocycles. The second-order valence-electron chi connectivity index (χ2n) is 10.7. The summed E-state index contributed by atoms with van der Waals surface area (Å²) in [5, 5.41) is 3.87. The Morgan fingerprint density at radius 1 is 1.26 bits per heavy atom. The Kier molecular flexibility index (Phi) is 7.95. The Hall–Kier alpha value is -1.87. The smallest absolute Gasteiger partial charge is 0.381 e. The number of ether oxygens (including phenoxy) is 1. The van der Waals surface area contributed by atoms with E-state index in [1.54, 1.807) is 0 Å². The monoisotopic (exact) mass is 496 g/mol. The Bertz CT molecular complexity index is 872. The van der Waals surface area contributed by atoms with Crippen molar-refractivity contribution in [2.24, 2.45) is 17.3 Å². The number of carbonyl (C=O) groups excluding carboxylic acids is 1. The van der Waals surface area contributed by atoms with Gasteiger partial charge in [0.15, 0.2) is 0 Å². The van der Waals surface area contributed by atoms with E-state index in [1.807, 2.05) is 9.80 Å². The van der Waals surface area contributed by atoms with E-state index in [9.17, 15) is 18.0 Å². The maximum atomic E-state index is 13.8. The van der Waals surface area contributed by atoms with Gasteiger partial charge >= 0.3 is 6.18 Å². The summed E-state index contributed by atoms with van der Waals surface area (Å²) in [6.07, 6.45) is 1.62. The van der Waals surface area contributed by atoms with Gasteiger partial charge in [0.2, 0.25) is 5.91 Å². The van der Waals surface area contributed by atoms with Crippen molar-refractivity contribution in [3.8, 4) is 0 Å². The Morgan fingerprint density at radius 3 is 2.66 bits per heavy atom. The summed E-state index contributed by atoms with van der Waals surface area (Å²) in [7, 11) is 0. The lowest BCUT2D eigenvalue weighted by molar-refractivity contribution is -0.145. The lowest BCUT2D eigenvalue weighted by Crippen LogP contribution is -2.54. The predicted octanol–water partition coefficient (Wildman–Crippen LogP) is 4.35. The van der Waals surface area contributed by atoms with Gasteiger partial charge in [-0.3, -0.25) is 4.79 Å². The maximum Gasteiger partial charge on any atom is 0.416 e. The zero-order valence-corrected chi connectivity index (χ0v) is 21.1. The lowest BCUT2D eigenvalue weighted by atomic mass is 9.74. The molecule has 1 aromatic rings. The van der Waals surface area contributed by atoms with Crippen LogP contribution in [0.5, 0.6) is 0 Å². The quantitative estimate of drug-likeness (QED) is 0.635. The third-order valence-corrected chi connectivity index (χ3v) is 8.49. The fourth-order valence-electron chi connectivity index (χ4n) is 6.13. The van der Waals surface area contributed by atoms with Crippen molar-refractivity contribution in [2.45, 2.75) is 71.1 Å². The fraction of sp³-hybridized carbons (Fsp3) is 0.769. The molecule has 2 aliphatic heterocycles. The first-order valence-corrected chi connectivity index (χ1v) is 13.1. The van der Waals surface area contributed by atoms with Crippen LogP contribution in [0.2, 0.25) is 0 Å². The van der Waals surface area contributed by atoms with E-state index < -0.39 is 11.7 Å². The van der Waals surface area contributed by atoms with E-state index in [-0.39, 0.29) is 17.2 Å². The summed E-state index contributed by atoms with van der Waals surface area (Å²) in [5.74, 6) is 1.26. The van der Waals surface area contributed by atoms with Crippen molar-refractivity contribution in [2.75, 3.05) is 44.3 Å². The summed E-state index contributed by atoms with van der Waals surface area (Å²) in [5.41, 5.74) is -1.08. The second-order valence-corrected chi connectivity index (χ2v) is 10.7. The summed E-state index contributed by atoms with van der Waals surface area (Å²) in [6, 6.07) is 2.86. The van der Waals surface area contributed by atoms with Gasteiger partial charge in [0, 0.05) is 51.1 Å². The summed E-state index contributed by atoms with van der Waals surface area (Å²) in [6.45, 7) is 10.1. The third-order valence-electron chi connectivity index (χ3n) is 8.49. The molecule has 196 valence electrons. The molecule has 3 aliphatic rings. The fourth-order valence-corrected chi connectivity index (χ4v) is 6.13. The Labute approximate surface area is 206 Å². The molecule has 9 heteroatoms. The van der Waals surface area contributed by atoms with Crippen molar-refractivity contribution in [3.05, 3.63) is 23.9 Å². The van der Waals surface area contributed by atoms with Gasteiger partial charge in [0.05, 0.1) is 17.6 Å². The zero-order chi connectivity index (χ0) is 25.2. The summed E-state index contributed by atoms with van der Waals surface area (Å²) in [4.78, 5) is 21.8. The molecule has 2 unspecified atom stereocenters. The minimum Gasteiger partial charge on any atom is -0.381 e. The molecule has 1 N–H and O–H groups in total. The third kappa shape index (κ3) is 5.61. The van der Waals surface area contributed by atoms with Crippen LogP contribution in [0, 0.1) is 17.3 Å². The zero-order valence-electron chi connectivity index (χ0n) is 21.1. The Balaban J connectivity index is 1.38. The standard InChI is InChI=1S/C26H39F3N4O2/c1-4-19-17-35-14-7-22(19)31-21-5-8-25(16-21,18(2)3)24(34)33-12-10-32(11-13-33)23-15-20(6-9-30-23)26(27,28)29/h6,9,15,18-19,21-22,31H,4-5,7-8,10-14,16-17H2,1-3H3/t19?,21-,22?,25+/m1/s1. The molecule has 1 amide bonds. The number of amides is 1. The molecular weight excluding hydrogens is 457 g/mol. The van der Waals surface area contributed by atoms with Gasteiger partial charge in [-0.2, -0.15) is 13.2 Å². The first-order chi connectivity index (χ1) is 16.6. The van der Waals surface area contributed by atoms with Gasteiger partial charge in [0.1, 0.15) is 5.82 Å². The van der Waals surface area contributed by atoms with Crippen molar-refractivity contribution in [1.29, 1.82) is 0 Å². The molecule has 3 heterocycles. The number of aromatic nitrogens is 1. The van der Waals surface area contributed by atoms with Crippen molar-refractivity contribution >= 4 is 11.7 Å². The average molecular weight is 497 g/mol. The molecule has 0 spiro atoms. The van der Waals surface area contributed by atoms with Crippen LogP contribution in [0.4, 0.5) is 19.0 Å². The highest BCUT2D eigenvalue weighted by Crippen LogP contribution is 2.46. The van der Waals surface area contributed by atoms with Gasteiger partial charge in [-0.25, -0.2) is 4.98 Å². The van der Waals surface area contributed by atoms with Crippen LogP contribution < -0.4 is 10.2 Å². The van der Waals surface area contributed by atoms with Crippen molar-refractivity contribution in [1.82, 2.24) is 15.2 Å². The normalized spacial score (nSPS) is 30.2. The van der Waals surface area contributed by atoms with Crippen LogP contribution in [0.1, 0.15) is 58.4 Å². The van der Waals surface area contributed by atoms with E-state index in [1.165, 1.54) is 6.20 Å². The number of nitrogens with one attached hydrogen (secondary N) is 1. The number of piperazine rings is 1. The van der Waals surface area contributed by atoms with E-state index in [0.717, 1.165) is 57.5 Å². The molecule has 35 heavy (non-hydrogen) atoms. The van der Waals surface area contributed by atoms with E-state index in [4.69, 9.17) is 4.74 Å². The largest absolute Gasteiger partial charge is 0.416 e. The molecule has 4 rings (SSSR count). The number of hydrogen-bond acceptors (Lipinski definition) is 5. The molecular formula is C26H39F3N4O2. The number of halogens is 3. The van der Waals surface area contributed by atoms with Gasteiger partial charge in [-0.05, 0) is 56.1 Å². The molecule has 1 aliphatic carbocycles. The van der Waals surface area contributed by atoms with Crippen LogP contribution in [-0.2, 0) is 15.7 Å². The number of anilines is 1. The van der Waals surface area contributed by atoms with Crippen LogP contribution in [0.3, 0.4) is 0 Å². The minimum absolute atomic E-state index is 0.201. The number of hydrogen-bond donors (Lipinski definition) is 1. The predicted molar refractivity (Wildman–Crippen MR) is 129 cm³/mol. The number of carbonyl (C=O) groups is 1. The summed E-state index contributed by atoms with van der Waals surface area (Å²) < 4.78 is 45.0. The molecule has 0 aromatic carbocycles. The Morgan fingerprint density at radius 2 is 2.00 bits per heavy atom. The molecule has 0 bridgehead atoms. The van der Waals surface area contributed by atoms with Gasteiger partial charge < -0.3 is 19.9 Å². The van der Waals surface area contributed by atoms with Gasteiger partial charge in [-0.15, -0.1) is 0 Å². The molecule has 0 radical (unpaired) electrons. The highest BCUT2D eigenvalue weighted by Gasteiger charge is 2.50. The topological polar surface area (TPSA) is 57.7 Å². The SMILES string of the molecule is CCC1COCCC1N[C@@H]1CC[C@@](C(=O)N2CCN(c3cc(C(F)(F)F)ccn3)CC2)(C(C)C)C1. The molecule has 4 atom stereocenters. The van der Waals surface area contributed by atoms with Crippen LogP contribution >= 0.6 is 0 Å².